The molecule has 58 valence electrons. The third-order valence-corrected chi connectivity index (χ3v) is 2.84. The van der Waals surface area contributed by atoms with Crippen molar-refractivity contribution in [3.05, 3.63) is 30.3 Å². The minimum atomic E-state index is -0.212. The molecule has 0 spiro atoms. The number of rotatable bonds is 1. The van der Waals surface area contributed by atoms with Crippen LogP contribution in [0.1, 0.15) is 0 Å². The molecule has 12 heavy (non-hydrogen) atoms. The van der Waals surface area contributed by atoms with E-state index in [9.17, 15) is 0 Å². The summed E-state index contributed by atoms with van der Waals surface area (Å²) < 4.78 is 0. The molecule has 0 aliphatic rings. The molecule has 0 saturated heterocycles. The molecular weight excluding hydrogens is 202 g/mol. The second-order valence-corrected chi connectivity index (χ2v) is 4.94. The smallest absolute Gasteiger partial charge is 0.0671 e. The average molecular weight is 213 g/mol. The Hall–Kier alpha value is 1.15. The Bertz CT molecular complexity index is 180. The molecule has 0 aliphatic heterocycles. The van der Waals surface area contributed by atoms with Crippen LogP contribution in [0.25, 0.3) is 0 Å². The van der Waals surface area contributed by atoms with Crippen LogP contribution in [0.3, 0.4) is 0 Å². The molecule has 0 fully saturated rings. The van der Waals surface area contributed by atoms with E-state index in [1.54, 1.807) is 0 Å². The standard InChI is InChI=1S/C8H11Si.Cu.2Li/c1-9(2)8-6-4-3-5-7-8;;;/h3-7H,1-2H3;;;/q;;2*+1. The zero-order chi connectivity index (χ0) is 6.69. The molecular formula is C8H11CuLi2Si+2. The summed E-state index contributed by atoms with van der Waals surface area (Å²) in [5, 5.41) is 1.52. The summed E-state index contributed by atoms with van der Waals surface area (Å²) in [5.41, 5.74) is 0. The van der Waals surface area contributed by atoms with Crippen LogP contribution in [-0.2, 0) is 17.1 Å². The Balaban J connectivity index is -0.000000270. The van der Waals surface area contributed by atoms with Gasteiger partial charge in [0.05, 0.1) is 8.80 Å². The van der Waals surface area contributed by atoms with Crippen LogP contribution in [0, 0.1) is 0 Å². The molecule has 0 heterocycles. The van der Waals surface area contributed by atoms with Crippen LogP contribution >= 0.6 is 0 Å². The van der Waals surface area contributed by atoms with Gasteiger partial charge < -0.3 is 0 Å². The molecule has 0 saturated carbocycles. The number of benzene rings is 1. The predicted molar refractivity (Wildman–Crippen MR) is 43.6 cm³/mol. The van der Waals surface area contributed by atoms with Gasteiger partial charge in [-0.05, 0) is 0 Å². The van der Waals surface area contributed by atoms with Gasteiger partial charge in [0.15, 0.2) is 0 Å². The first kappa shape index (κ1) is 18.8. The van der Waals surface area contributed by atoms with Gasteiger partial charge in [-0.15, -0.1) is 0 Å². The van der Waals surface area contributed by atoms with E-state index >= 15 is 0 Å². The molecule has 0 aromatic heterocycles. The van der Waals surface area contributed by atoms with Crippen LogP contribution in [0.15, 0.2) is 30.3 Å². The van der Waals surface area contributed by atoms with Crippen LogP contribution in [0.4, 0.5) is 0 Å². The SMILES string of the molecule is C[Si](C)c1ccccc1.[Cu].[Li+].[Li+]. The van der Waals surface area contributed by atoms with E-state index in [1.807, 2.05) is 0 Å². The van der Waals surface area contributed by atoms with Gasteiger partial charge in [-0.1, -0.05) is 48.6 Å². The Morgan fingerprint density at radius 1 is 0.917 bits per heavy atom. The molecule has 0 aliphatic carbocycles. The van der Waals surface area contributed by atoms with Gasteiger partial charge in [0.1, 0.15) is 0 Å². The Morgan fingerprint density at radius 3 is 1.58 bits per heavy atom. The molecule has 0 amide bonds. The first-order chi connectivity index (χ1) is 4.30. The van der Waals surface area contributed by atoms with Crippen molar-refractivity contribution in [3.63, 3.8) is 0 Å². The van der Waals surface area contributed by atoms with Gasteiger partial charge >= 0.3 is 37.7 Å². The van der Waals surface area contributed by atoms with Crippen molar-refractivity contribution in [2.45, 2.75) is 13.1 Å². The second-order valence-electron chi connectivity index (χ2n) is 2.37. The fourth-order valence-electron chi connectivity index (χ4n) is 0.771. The fraction of sp³-hybridized carbons (Fsp3) is 0.250. The first-order valence-electron chi connectivity index (χ1n) is 3.16. The van der Waals surface area contributed by atoms with E-state index in [2.05, 4.69) is 43.4 Å². The van der Waals surface area contributed by atoms with E-state index < -0.39 is 0 Å². The van der Waals surface area contributed by atoms with E-state index in [0.29, 0.717) is 0 Å². The zero-order valence-corrected chi connectivity index (χ0v) is 10.1. The van der Waals surface area contributed by atoms with Gasteiger partial charge in [0.2, 0.25) is 0 Å². The Labute approximate surface area is 111 Å². The normalized spacial score (nSPS) is 7.58. The van der Waals surface area contributed by atoms with E-state index in [4.69, 9.17) is 0 Å². The Kier molecular flexibility index (Phi) is 16.1. The quantitative estimate of drug-likeness (QED) is 0.413. The molecule has 1 aromatic carbocycles. The summed E-state index contributed by atoms with van der Waals surface area (Å²) in [5.74, 6) is 0. The largest absolute Gasteiger partial charge is 1.00 e. The van der Waals surface area contributed by atoms with E-state index in [-0.39, 0.29) is 63.6 Å². The summed E-state index contributed by atoms with van der Waals surface area (Å²) in [6, 6.07) is 10.7. The topological polar surface area (TPSA) is 0 Å². The van der Waals surface area contributed by atoms with Crippen LogP contribution in [0.2, 0.25) is 13.1 Å². The van der Waals surface area contributed by atoms with Gasteiger partial charge in [-0.3, -0.25) is 0 Å². The summed E-state index contributed by atoms with van der Waals surface area (Å²) in [7, 11) is -0.212. The van der Waals surface area contributed by atoms with E-state index in [1.165, 1.54) is 5.19 Å². The van der Waals surface area contributed by atoms with Crippen molar-refractivity contribution in [3.8, 4) is 0 Å². The predicted octanol–water partition coefficient (Wildman–Crippen LogP) is -4.35. The first-order valence-corrected chi connectivity index (χ1v) is 5.66. The third kappa shape index (κ3) is 6.64. The molecule has 0 nitrogen and oxygen atoms in total. The van der Waals surface area contributed by atoms with Crippen LogP contribution in [0.5, 0.6) is 0 Å². The fourth-order valence-corrected chi connectivity index (χ4v) is 1.63. The van der Waals surface area contributed by atoms with Crippen molar-refractivity contribution in [2.24, 2.45) is 0 Å². The van der Waals surface area contributed by atoms with Gasteiger partial charge in [0.25, 0.3) is 0 Å². The van der Waals surface area contributed by atoms with Gasteiger partial charge in [-0.25, -0.2) is 0 Å². The van der Waals surface area contributed by atoms with Crippen LogP contribution < -0.4 is 42.9 Å². The second kappa shape index (κ2) is 10.2. The summed E-state index contributed by atoms with van der Waals surface area (Å²) in [4.78, 5) is 0. The maximum absolute atomic E-state index is 2.31. The maximum Gasteiger partial charge on any atom is 1.00 e. The van der Waals surface area contributed by atoms with Crippen molar-refractivity contribution >= 4 is 14.0 Å². The molecule has 1 rings (SSSR count). The average Bonchev–Trinajstić information content (AvgIpc) is 1.90. The third-order valence-electron chi connectivity index (χ3n) is 1.35. The summed E-state index contributed by atoms with van der Waals surface area (Å²) in [6.07, 6.45) is 0. The van der Waals surface area contributed by atoms with Crippen molar-refractivity contribution in [2.75, 3.05) is 0 Å². The zero-order valence-electron chi connectivity index (χ0n) is 8.19. The Morgan fingerprint density at radius 2 is 1.33 bits per heavy atom. The molecule has 0 atom stereocenters. The minimum Gasteiger partial charge on any atom is -0.0671 e. The molecule has 0 N–H and O–H groups in total. The molecule has 0 bridgehead atoms. The molecule has 2 radical (unpaired) electrons. The molecule has 1 aromatic rings. The monoisotopic (exact) mass is 212 g/mol. The van der Waals surface area contributed by atoms with Crippen molar-refractivity contribution in [1.29, 1.82) is 0 Å². The molecule has 4 heteroatoms. The number of hydrogen-bond acceptors (Lipinski definition) is 0. The van der Waals surface area contributed by atoms with Crippen molar-refractivity contribution < 1.29 is 54.8 Å². The van der Waals surface area contributed by atoms with Crippen molar-refractivity contribution in [1.82, 2.24) is 0 Å². The van der Waals surface area contributed by atoms with Crippen LogP contribution in [-0.4, -0.2) is 8.80 Å². The summed E-state index contributed by atoms with van der Waals surface area (Å²) >= 11 is 0. The molecule has 0 unspecified atom stereocenters. The maximum atomic E-state index is 2.31. The van der Waals surface area contributed by atoms with Gasteiger partial charge in [0, 0.05) is 17.1 Å². The number of hydrogen-bond donors (Lipinski definition) is 0. The van der Waals surface area contributed by atoms with Gasteiger partial charge in [-0.2, -0.15) is 0 Å². The van der Waals surface area contributed by atoms with E-state index in [0.717, 1.165) is 0 Å². The minimum absolute atomic E-state index is 0. The summed E-state index contributed by atoms with van der Waals surface area (Å²) in [6.45, 7) is 4.61.